The molecule has 2 heterocycles. The first-order valence-electron chi connectivity index (χ1n) is 11.6. The molecule has 3 aromatic rings. The van der Waals surface area contributed by atoms with Crippen molar-refractivity contribution < 1.29 is 34.3 Å². The third kappa shape index (κ3) is 2.81. The molecule has 1 aliphatic carbocycles. The smallest absolute Gasteiger partial charge is 0.212 e. The van der Waals surface area contributed by atoms with E-state index in [4.69, 9.17) is 25.8 Å². The first-order valence-corrected chi connectivity index (χ1v) is 12.0. The van der Waals surface area contributed by atoms with E-state index in [9.17, 15) is 20.1 Å². The fourth-order valence-electron chi connectivity index (χ4n) is 6.07. The zero-order valence-electron chi connectivity index (χ0n) is 20.4. The minimum absolute atomic E-state index is 0.00184. The Morgan fingerprint density at radius 2 is 1.75 bits per heavy atom. The van der Waals surface area contributed by atoms with Crippen molar-refractivity contribution in [1.82, 2.24) is 0 Å². The lowest BCUT2D eigenvalue weighted by atomic mass is 9.66. The van der Waals surface area contributed by atoms with Gasteiger partial charge in [0.05, 0.1) is 23.3 Å². The summed E-state index contributed by atoms with van der Waals surface area (Å²) in [5.41, 5.74) is 2.93. The van der Waals surface area contributed by atoms with Gasteiger partial charge in [-0.2, -0.15) is 0 Å². The Hall–Kier alpha value is -3.42. The molecule has 6 rings (SSSR count). The Balaban J connectivity index is 1.65. The van der Waals surface area contributed by atoms with E-state index < -0.39 is 28.8 Å². The first-order chi connectivity index (χ1) is 16.9. The van der Waals surface area contributed by atoms with Gasteiger partial charge in [0.15, 0.2) is 0 Å². The number of ketones is 1. The number of aromatic hydroxyl groups is 3. The maximum atomic E-state index is 13.8. The number of phenols is 3. The molecule has 3 aromatic carbocycles. The van der Waals surface area contributed by atoms with Crippen LogP contribution in [0.5, 0.6) is 28.7 Å². The molecule has 2 atom stereocenters. The number of hydrogen-bond donors (Lipinski definition) is 3. The van der Waals surface area contributed by atoms with E-state index in [0.717, 1.165) is 22.8 Å². The Labute approximate surface area is 212 Å². The third-order valence-electron chi connectivity index (χ3n) is 7.69. The van der Waals surface area contributed by atoms with E-state index in [-0.39, 0.29) is 27.6 Å². The summed E-state index contributed by atoms with van der Waals surface area (Å²) in [5, 5.41) is 32.6. The fourth-order valence-corrected chi connectivity index (χ4v) is 6.46. The van der Waals surface area contributed by atoms with Gasteiger partial charge in [0, 0.05) is 42.0 Å². The predicted octanol–water partition coefficient (Wildman–Crippen LogP) is 5.41. The number of carbonyl (C=O) groups is 1. The van der Waals surface area contributed by atoms with E-state index in [0.29, 0.717) is 34.6 Å². The average Bonchev–Trinajstić information content (AvgIpc) is 2.78. The van der Waals surface area contributed by atoms with Crippen molar-refractivity contribution in [3.05, 3.63) is 73.8 Å². The van der Waals surface area contributed by atoms with Crippen molar-refractivity contribution in [3.63, 3.8) is 0 Å². The number of halogens is 1. The van der Waals surface area contributed by atoms with Crippen molar-refractivity contribution >= 4 is 17.4 Å². The second-order valence-electron chi connectivity index (χ2n) is 10.4. The van der Waals surface area contributed by atoms with Crippen LogP contribution in [0.25, 0.3) is 0 Å². The molecule has 186 valence electrons. The SMILES string of the molecule is COc1cc(C)c2c(c1)OC1(C)Cc3cc4c(c(O)c3C2O1)C(=O)c1c(O)cc(O)c(Cl)c1C4(C)C. The second kappa shape index (κ2) is 7.08. The van der Waals surface area contributed by atoms with Crippen molar-refractivity contribution in [1.29, 1.82) is 0 Å². The largest absolute Gasteiger partial charge is 0.507 e. The molecule has 3 aliphatic rings. The van der Waals surface area contributed by atoms with Gasteiger partial charge in [-0.25, -0.2) is 0 Å². The lowest BCUT2D eigenvalue weighted by Gasteiger charge is -2.46. The van der Waals surface area contributed by atoms with E-state index in [2.05, 4.69) is 0 Å². The van der Waals surface area contributed by atoms with Gasteiger partial charge in [-0.1, -0.05) is 31.5 Å². The van der Waals surface area contributed by atoms with Crippen LogP contribution in [0.3, 0.4) is 0 Å². The summed E-state index contributed by atoms with van der Waals surface area (Å²) in [6.07, 6.45) is -0.348. The molecule has 0 saturated heterocycles. The van der Waals surface area contributed by atoms with Gasteiger partial charge in [0.1, 0.15) is 34.9 Å². The number of benzene rings is 3. The van der Waals surface area contributed by atoms with Gasteiger partial charge in [-0.05, 0) is 35.2 Å². The van der Waals surface area contributed by atoms with Crippen molar-refractivity contribution in [2.75, 3.05) is 7.11 Å². The maximum Gasteiger partial charge on any atom is 0.212 e. The van der Waals surface area contributed by atoms with Gasteiger partial charge >= 0.3 is 0 Å². The summed E-state index contributed by atoms with van der Waals surface area (Å²) in [6.45, 7) is 7.45. The molecule has 0 fully saturated rings. The highest BCUT2D eigenvalue weighted by atomic mass is 35.5. The van der Waals surface area contributed by atoms with Crippen LogP contribution >= 0.6 is 11.6 Å². The highest BCUT2D eigenvalue weighted by molar-refractivity contribution is 6.34. The van der Waals surface area contributed by atoms with E-state index in [1.165, 1.54) is 0 Å². The van der Waals surface area contributed by atoms with Crippen LogP contribution in [0.15, 0.2) is 24.3 Å². The van der Waals surface area contributed by atoms with Gasteiger partial charge in [-0.15, -0.1) is 0 Å². The molecule has 36 heavy (non-hydrogen) atoms. The van der Waals surface area contributed by atoms with Crippen LogP contribution in [0.2, 0.25) is 5.02 Å². The highest BCUT2D eigenvalue weighted by Gasteiger charge is 2.50. The van der Waals surface area contributed by atoms with Crippen molar-refractivity contribution in [3.8, 4) is 28.7 Å². The van der Waals surface area contributed by atoms with E-state index in [1.54, 1.807) is 13.2 Å². The van der Waals surface area contributed by atoms with Crippen LogP contribution in [-0.2, 0) is 16.6 Å². The summed E-state index contributed by atoms with van der Waals surface area (Å²) >= 11 is 6.45. The van der Waals surface area contributed by atoms with Crippen LogP contribution in [0.1, 0.15) is 76.2 Å². The van der Waals surface area contributed by atoms with Gasteiger partial charge in [0.25, 0.3) is 0 Å². The Morgan fingerprint density at radius 3 is 2.44 bits per heavy atom. The van der Waals surface area contributed by atoms with Crippen LogP contribution in [0.4, 0.5) is 0 Å². The standard InChI is InChI=1S/C28H25ClO7/c1-11-6-13(34-5)8-17-18(11)26-19-12(10-28(4,35-17)36-26)7-14-20(24(19)32)25(33)21-15(30)9-16(31)23(29)22(21)27(14,2)3/h6-9,26,30-32H,10H2,1-5H3. The number of ether oxygens (including phenoxy) is 3. The Bertz CT molecular complexity index is 1520. The lowest BCUT2D eigenvalue weighted by molar-refractivity contribution is -0.216. The van der Waals surface area contributed by atoms with Crippen LogP contribution in [0, 0.1) is 6.92 Å². The zero-order chi connectivity index (χ0) is 25.9. The molecule has 0 radical (unpaired) electrons. The lowest BCUT2D eigenvalue weighted by Crippen LogP contribution is -2.47. The Kier molecular flexibility index (Phi) is 4.53. The molecule has 3 N–H and O–H groups in total. The van der Waals surface area contributed by atoms with Gasteiger partial charge in [0.2, 0.25) is 11.6 Å². The molecule has 0 spiro atoms. The molecule has 7 nitrogen and oxygen atoms in total. The molecule has 8 heteroatoms. The van der Waals surface area contributed by atoms with Crippen LogP contribution < -0.4 is 9.47 Å². The van der Waals surface area contributed by atoms with E-state index >= 15 is 0 Å². The van der Waals surface area contributed by atoms with Gasteiger partial charge < -0.3 is 29.5 Å². The predicted molar refractivity (Wildman–Crippen MR) is 132 cm³/mol. The number of fused-ring (bicyclic) bond motifs is 8. The number of phenolic OH excluding ortho intramolecular Hbond substituents is 3. The van der Waals surface area contributed by atoms with Crippen molar-refractivity contribution in [2.24, 2.45) is 0 Å². The monoisotopic (exact) mass is 508 g/mol. The fraction of sp³-hybridized carbons (Fsp3) is 0.321. The summed E-state index contributed by atoms with van der Waals surface area (Å²) in [5.74, 6) is -1.21. The molecule has 0 aromatic heterocycles. The zero-order valence-corrected chi connectivity index (χ0v) is 21.2. The van der Waals surface area contributed by atoms with Crippen LogP contribution in [-0.4, -0.2) is 34.0 Å². The minimum Gasteiger partial charge on any atom is -0.507 e. The summed E-state index contributed by atoms with van der Waals surface area (Å²) in [7, 11) is 1.59. The first kappa shape index (κ1) is 23.0. The molecule has 2 bridgehead atoms. The Morgan fingerprint density at radius 1 is 1.03 bits per heavy atom. The van der Waals surface area contributed by atoms with Crippen molar-refractivity contribution in [2.45, 2.75) is 51.4 Å². The summed E-state index contributed by atoms with van der Waals surface area (Å²) in [4.78, 5) is 13.8. The number of aryl methyl sites for hydroxylation is 1. The highest BCUT2D eigenvalue weighted by Crippen LogP contribution is 2.57. The summed E-state index contributed by atoms with van der Waals surface area (Å²) in [6, 6.07) is 6.61. The molecule has 2 unspecified atom stereocenters. The number of rotatable bonds is 1. The average molecular weight is 509 g/mol. The van der Waals surface area contributed by atoms with E-state index in [1.807, 2.05) is 39.8 Å². The third-order valence-corrected chi connectivity index (χ3v) is 8.07. The second-order valence-corrected chi connectivity index (χ2v) is 10.8. The quantitative estimate of drug-likeness (QED) is 0.403. The topological polar surface area (TPSA) is 105 Å². The number of methoxy groups -OCH3 is 1. The van der Waals surface area contributed by atoms with Gasteiger partial charge in [-0.3, -0.25) is 4.79 Å². The number of hydrogen-bond acceptors (Lipinski definition) is 7. The molecule has 2 aliphatic heterocycles. The maximum absolute atomic E-state index is 13.8. The molecule has 0 saturated carbocycles. The minimum atomic E-state index is -1.00. The molecular weight excluding hydrogens is 484 g/mol. The molecule has 0 amide bonds. The normalized spacial score (nSPS) is 22.6. The summed E-state index contributed by atoms with van der Waals surface area (Å²) < 4.78 is 18.1. The number of carbonyl (C=O) groups excluding carboxylic acids is 1. The molecular formula is C28H25ClO7.